The Morgan fingerprint density at radius 1 is 1.27 bits per heavy atom. The lowest BCUT2D eigenvalue weighted by Gasteiger charge is -2.24. The molecule has 0 atom stereocenters. The second-order valence-corrected chi connectivity index (χ2v) is 4.09. The summed E-state index contributed by atoms with van der Waals surface area (Å²) in [5, 5.41) is 21.3. The molecular formula is C11H18N2O2. The van der Waals surface area contributed by atoms with Gasteiger partial charge in [0.05, 0.1) is 13.2 Å². The molecule has 1 aromatic rings. The summed E-state index contributed by atoms with van der Waals surface area (Å²) in [5.41, 5.74) is 0.691. The SMILES string of the molecule is CC(CO)(CO)CNCc1ccncc1. The number of aliphatic hydroxyl groups excluding tert-OH is 2. The monoisotopic (exact) mass is 210 g/mol. The third-order valence-electron chi connectivity index (χ3n) is 2.39. The fourth-order valence-electron chi connectivity index (χ4n) is 1.17. The van der Waals surface area contributed by atoms with Crippen LogP contribution in [0.2, 0.25) is 0 Å². The minimum absolute atomic E-state index is 0.0210. The highest BCUT2D eigenvalue weighted by Gasteiger charge is 2.21. The Bertz CT molecular complexity index is 273. The van der Waals surface area contributed by atoms with Crippen LogP contribution in [0.3, 0.4) is 0 Å². The summed E-state index contributed by atoms with van der Waals surface area (Å²) in [7, 11) is 0. The standard InChI is InChI=1S/C11H18N2O2/c1-11(8-14,9-15)7-13-6-10-2-4-12-5-3-10/h2-5,13-15H,6-9H2,1H3. The third kappa shape index (κ3) is 3.95. The molecule has 0 radical (unpaired) electrons. The Kier molecular flexibility index (Phi) is 4.68. The summed E-state index contributed by atoms with van der Waals surface area (Å²) in [6.45, 7) is 3.10. The summed E-state index contributed by atoms with van der Waals surface area (Å²) < 4.78 is 0. The van der Waals surface area contributed by atoms with Crippen molar-refractivity contribution in [3.8, 4) is 0 Å². The van der Waals surface area contributed by atoms with Gasteiger partial charge in [0.2, 0.25) is 0 Å². The summed E-state index contributed by atoms with van der Waals surface area (Å²) in [6.07, 6.45) is 3.49. The molecular weight excluding hydrogens is 192 g/mol. The molecule has 3 N–H and O–H groups in total. The zero-order valence-electron chi connectivity index (χ0n) is 8.98. The number of pyridine rings is 1. The van der Waals surface area contributed by atoms with Gasteiger partial charge in [0.25, 0.3) is 0 Å². The average Bonchev–Trinajstić information content (AvgIpc) is 2.30. The van der Waals surface area contributed by atoms with Crippen LogP contribution < -0.4 is 5.32 Å². The van der Waals surface area contributed by atoms with E-state index in [9.17, 15) is 0 Å². The van der Waals surface area contributed by atoms with Gasteiger partial charge in [0, 0.05) is 30.9 Å². The Hall–Kier alpha value is -0.970. The number of aromatic nitrogens is 1. The molecule has 0 saturated carbocycles. The first-order chi connectivity index (χ1) is 7.20. The lowest BCUT2D eigenvalue weighted by Crippen LogP contribution is -2.37. The molecule has 84 valence electrons. The fraction of sp³-hybridized carbons (Fsp3) is 0.545. The van der Waals surface area contributed by atoms with E-state index in [0.29, 0.717) is 6.54 Å². The molecule has 1 rings (SSSR count). The maximum atomic E-state index is 9.07. The molecule has 0 saturated heterocycles. The molecule has 0 aromatic carbocycles. The van der Waals surface area contributed by atoms with E-state index in [1.807, 2.05) is 19.1 Å². The van der Waals surface area contributed by atoms with Crippen molar-refractivity contribution < 1.29 is 10.2 Å². The van der Waals surface area contributed by atoms with Gasteiger partial charge in [0.15, 0.2) is 0 Å². The molecule has 4 nitrogen and oxygen atoms in total. The first kappa shape index (κ1) is 12.1. The van der Waals surface area contributed by atoms with Gasteiger partial charge in [-0.25, -0.2) is 0 Å². The van der Waals surface area contributed by atoms with Gasteiger partial charge >= 0.3 is 0 Å². The van der Waals surface area contributed by atoms with E-state index >= 15 is 0 Å². The molecule has 0 bridgehead atoms. The van der Waals surface area contributed by atoms with Crippen molar-refractivity contribution in [2.45, 2.75) is 13.5 Å². The second-order valence-electron chi connectivity index (χ2n) is 4.09. The molecule has 15 heavy (non-hydrogen) atoms. The topological polar surface area (TPSA) is 65.4 Å². The molecule has 4 heteroatoms. The van der Waals surface area contributed by atoms with Gasteiger partial charge in [-0.05, 0) is 17.7 Å². The molecule has 0 aliphatic heterocycles. The first-order valence-corrected chi connectivity index (χ1v) is 5.01. The van der Waals surface area contributed by atoms with Crippen molar-refractivity contribution in [2.24, 2.45) is 5.41 Å². The molecule has 0 aliphatic rings. The van der Waals surface area contributed by atoms with Crippen LogP contribution in [0.25, 0.3) is 0 Å². The van der Waals surface area contributed by atoms with E-state index in [1.54, 1.807) is 12.4 Å². The fourth-order valence-corrected chi connectivity index (χ4v) is 1.17. The van der Waals surface area contributed by atoms with Gasteiger partial charge in [-0.3, -0.25) is 4.98 Å². The largest absolute Gasteiger partial charge is 0.396 e. The van der Waals surface area contributed by atoms with Gasteiger partial charge in [-0.15, -0.1) is 0 Å². The third-order valence-corrected chi connectivity index (χ3v) is 2.39. The van der Waals surface area contributed by atoms with E-state index in [4.69, 9.17) is 10.2 Å². The molecule has 0 spiro atoms. The number of hydrogen-bond donors (Lipinski definition) is 3. The van der Waals surface area contributed by atoms with Crippen LogP contribution in [-0.4, -0.2) is 35.0 Å². The second kappa shape index (κ2) is 5.80. The summed E-state index contributed by atoms with van der Waals surface area (Å²) >= 11 is 0. The Morgan fingerprint density at radius 2 is 1.87 bits per heavy atom. The van der Waals surface area contributed by atoms with Crippen LogP contribution in [0.4, 0.5) is 0 Å². The van der Waals surface area contributed by atoms with Crippen LogP contribution in [-0.2, 0) is 6.54 Å². The number of rotatable bonds is 6. The van der Waals surface area contributed by atoms with Crippen molar-refractivity contribution in [1.29, 1.82) is 0 Å². The molecule has 0 fully saturated rings. The molecule has 0 unspecified atom stereocenters. The van der Waals surface area contributed by atoms with Gasteiger partial charge < -0.3 is 15.5 Å². The lowest BCUT2D eigenvalue weighted by atomic mass is 9.93. The van der Waals surface area contributed by atoms with E-state index in [-0.39, 0.29) is 13.2 Å². The zero-order valence-corrected chi connectivity index (χ0v) is 8.98. The normalized spacial score (nSPS) is 11.7. The van der Waals surface area contributed by atoms with Crippen LogP contribution in [0.5, 0.6) is 0 Å². The number of nitrogens with zero attached hydrogens (tertiary/aromatic N) is 1. The summed E-state index contributed by atoms with van der Waals surface area (Å²) in [6, 6.07) is 3.87. The first-order valence-electron chi connectivity index (χ1n) is 5.01. The molecule has 1 heterocycles. The average molecular weight is 210 g/mol. The lowest BCUT2D eigenvalue weighted by molar-refractivity contribution is 0.0695. The van der Waals surface area contributed by atoms with Crippen molar-refractivity contribution in [3.05, 3.63) is 30.1 Å². The van der Waals surface area contributed by atoms with Crippen LogP contribution in [0, 0.1) is 5.41 Å². The maximum Gasteiger partial charge on any atom is 0.0518 e. The highest BCUT2D eigenvalue weighted by molar-refractivity contribution is 5.09. The van der Waals surface area contributed by atoms with Crippen LogP contribution in [0.1, 0.15) is 12.5 Å². The number of nitrogens with one attached hydrogen (secondary N) is 1. The molecule has 0 aliphatic carbocycles. The Labute approximate surface area is 90.0 Å². The highest BCUT2D eigenvalue weighted by atomic mass is 16.3. The van der Waals surface area contributed by atoms with E-state index in [0.717, 1.165) is 12.1 Å². The summed E-state index contributed by atoms with van der Waals surface area (Å²) in [4.78, 5) is 3.93. The van der Waals surface area contributed by atoms with E-state index in [2.05, 4.69) is 10.3 Å². The number of hydrogen-bond acceptors (Lipinski definition) is 4. The summed E-state index contributed by atoms with van der Waals surface area (Å²) in [5.74, 6) is 0. The number of aliphatic hydroxyl groups is 2. The minimum atomic E-state index is -0.451. The van der Waals surface area contributed by atoms with Gasteiger partial charge in [-0.2, -0.15) is 0 Å². The Balaban J connectivity index is 2.33. The van der Waals surface area contributed by atoms with Crippen LogP contribution in [0.15, 0.2) is 24.5 Å². The van der Waals surface area contributed by atoms with Crippen molar-refractivity contribution in [3.63, 3.8) is 0 Å². The Morgan fingerprint density at radius 3 is 2.40 bits per heavy atom. The zero-order chi connectivity index (χ0) is 11.1. The van der Waals surface area contributed by atoms with E-state index in [1.165, 1.54) is 0 Å². The van der Waals surface area contributed by atoms with Gasteiger partial charge in [0.1, 0.15) is 0 Å². The van der Waals surface area contributed by atoms with Crippen molar-refractivity contribution in [2.75, 3.05) is 19.8 Å². The predicted molar refractivity (Wildman–Crippen MR) is 58.2 cm³/mol. The van der Waals surface area contributed by atoms with Gasteiger partial charge in [-0.1, -0.05) is 6.92 Å². The minimum Gasteiger partial charge on any atom is -0.396 e. The van der Waals surface area contributed by atoms with Crippen molar-refractivity contribution in [1.82, 2.24) is 10.3 Å². The highest BCUT2D eigenvalue weighted by Crippen LogP contribution is 2.12. The van der Waals surface area contributed by atoms with Crippen molar-refractivity contribution >= 4 is 0 Å². The smallest absolute Gasteiger partial charge is 0.0518 e. The quantitative estimate of drug-likeness (QED) is 0.626. The van der Waals surface area contributed by atoms with E-state index < -0.39 is 5.41 Å². The molecule has 1 aromatic heterocycles. The molecule has 0 amide bonds. The maximum absolute atomic E-state index is 9.07. The predicted octanol–water partition coefficient (Wildman–Crippen LogP) is 0.162. The van der Waals surface area contributed by atoms with Crippen LogP contribution >= 0.6 is 0 Å².